The summed E-state index contributed by atoms with van der Waals surface area (Å²) in [5.41, 5.74) is 1.55. The number of nitrogens with one attached hydrogen (secondary N) is 1. The minimum Gasteiger partial charge on any atom is -0.336 e. The van der Waals surface area contributed by atoms with Gasteiger partial charge >= 0.3 is 6.03 Å². The van der Waals surface area contributed by atoms with Crippen LogP contribution in [0.4, 0.5) is 4.79 Å². The van der Waals surface area contributed by atoms with Gasteiger partial charge in [0.2, 0.25) is 5.91 Å². The average Bonchev–Trinajstić information content (AvgIpc) is 3.15. The minimum absolute atomic E-state index is 0.272. The molecule has 186 valence electrons. The third-order valence-electron chi connectivity index (χ3n) is 6.98. The molecule has 4 aromatic rings. The molecule has 0 spiro atoms. The third-order valence-corrected chi connectivity index (χ3v) is 6.98. The van der Waals surface area contributed by atoms with Crippen molar-refractivity contribution in [3.05, 3.63) is 120 Å². The second-order valence-electron chi connectivity index (χ2n) is 9.54. The number of fused-ring (bicyclic) bond motifs is 1. The van der Waals surface area contributed by atoms with E-state index in [9.17, 15) is 14.4 Å². The zero-order valence-electron chi connectivity index (χ0n) is 20.8. The summed E-state index contributed by atoms with van der Waals surface area (Å²) in [4.78, 5) is 42.7. The standard InChI is InChI=1S/C31H29N3O3/c1-31(27-17-16-25-14-8-9-15-26(25)20-27)29(36)34(30(37)32-31)22-28(35)33(21-24-12-6-3-7-13-24)19-18-23-10-4-2-5-11-23/h2-17,20H,18-19,21-22H2,1H3,(H,32,37). The lowest BCUT2D eigenvalue weighted by molar-refractivity contribution is -0.139. The molecule has 6 nitrogen and oxygen atoms in total. The van der Waals surface area contributed by atoms with E-state index in [0.29, 0.717) is 25.1 Å². The van der Waals surface area contributed by atoms with Crippen molar-refractivity contribution in [2.75, 3.05) is 13.1 Å². The molecule has 1 saturated heterocycles. The molecule has 0 aromatic heterocycles. The summed E-state index contributed by atoms with van der Waals surface area (Å²) in [6.45, 7) is 2.26. The quantitative estimate of drug-likeness (QED) is 0.357. The van der Waals surface area contributed by atoms with Gasteiger partial charge in [0.05, 0.1) is 0 Å². The van der Waals surface area contributed by atoms with E-state index in [1.54, 1.807) is 11.8 Å². The zero-order chi connectivity index (χ0) is 25.8. The molecule has 1 unspecified atom stereocenters. The van der Waals surface area contributed by atoms with Crippen LogP contribution in [0.1, 0.15) is 23.6 Å². The maximum atomic E-state index is 13.5. The molecule has 0 saturated carbocycles. The Morgan fingerprint density at radius 1 is 0.811 bits per heavy atom. The molecule has 4 aromatic carbocycles. The number of nitrogens with zero attached hydrogens (tertiary/aromatic N) is 2. The van der Waals surface area contributed by atoms with Gasteiger partial charge in [0.1, 0.15) is 12.1 Å². The summed E-state index contributed by atoms with van der Waals surface area (Å²) >= 11 is 0. The summed E-state index contributed by atoms with van der Waals surface area (Å²) in [7, 11) is 0. The molecule has 4 amide bonds. The van der Waals surface area contributed by atoms with Crippen LogP contribution in [0, 0.1) is 0 Å². The lowest BCUT2D eigenvalue weighted by Gasteiger charge is -2.26. The molecular weight excluding hydrogens is 462 g/mol. The van der Waals surface area contributed by atoms with Crippen LogP contribution in [-0.2, 0) is 28.1 Å². The molecule has 1 aliphatic heterocycles. The molecule has 1 aliphatic rings. The van der Waals surface area contributed by atoms with E-state index in [0.717, 1.165) is 26.8 Å². The number of imide groups is 1. The van der Waals surface area contributed by atoms with E-state index in [1.807, 2.05) is 103 Å². The first-order valence-electron chi connectivity index (χ1n) is 12.4. The number of urea groups is 1. The lowest BCUT2D eigenvalue weighted by Crippen LogP contribution is -2.44. The molecule has 6 heteroatoms. The number of hydrogen-bond donors (Lipinski definition) is 1. The first kappa shape index (κ1) is 24.3. The fraction of sp³-hybridized carbons (Fsp3) is 0.194. The topological polar surface area (TPSA) is 69.7 Å². The Kier molecular flexibility index (Phi) is 6.73. The zero-order valence-corrected chi connectivity index (χ0v) is 20.8. The summed E-state index contributed by atoms with van der Waals surface area (Å²) in [5, 5.41) is 4.86. The van der Waals surface area contributed by atoms with Gasteiger partial charge in [0.15, 0.2) is 0 Å². The van der Waals surface area contributed by atoms with Crippen LogP contribution in [0.5, 0.6) is 0 Å². The summed E-state index contributed by atoms with van der Waals surface area (Å²) in [6, 6.07) is 32.7. The van der Waals surface area contributed by atoms with E-state index >= 15 is 0 Å². The van der Waals surface area contributed by atoms with E-state index in [-0.39, 0.29) is 12.5 Å². The molecule has 0 bridgehead atoms. The number of rotatable bonds is 8. The van der Waals surface area contributed by atoms with Crippen molar-refractivity contribution in [3.63, 3.8) is 0 Å². The molecule has 0 aliphatic carbocycles. The van der Waals surface area contributed by atoms with Gasteiger partial charge in [0, 0.05) is 13.1 Å². The van der Waals surface area contributed by atoms with E-state index in [4.69, 9.17) is 0 Å². The SMILES string of the molecule is CC1(c2ccc3ccccc3c2)NC(=O)N(CC(=O)N(CCc2ccccc2)Cc2ccccc2)C1=O. The molecule has 0 radical (unpaired) electrons. The molecule has 1 fully saturated rings. The molecule has 1 atom stereocenters. The largest absolute Gasteiger partial charge is 0.336 e. The van der Waals surface area contributed by atoms with Gasteiger partial charge in [-0.05, 0) is 46.9 Å². The van der Waals surface area contributed by atoms with E-state index in [1.165, 1.54) is 0 Å². The Hall–Kier alpha value is -4.45. The van der Waals surface area contributed by atoms with Gasteiger partial charge in [-0.25, -0.2) is 4.79 Å². The van der Waals surface area contributed by atoms with Crippen LogP contribution in [-0.4, -0.2) is 40.7 Å². The Labute approximate surface area is 216 Å². The Balaban J connectivity index is 1.35. The normalized spacial score (nSPS) is 17.2. The maximum Gasteiger partial charge on any atom is 0.325 e. The van der Waals surface area contributed by atoms with Gasteiger partial charge in [-0.15, -0.1) is 0 Å². The summed E-state index contributed by atoms with van der Waals surface area (Å²) in [5.74, 6) is -0.699. The molecule has 37 heavy (non-hydrogen) atoms. The number of carbonyl (C=O) groups excluding carboxylic acids is 3. The number of carbonyl (C=O) groups is 3. The second kappa shape index (κ2) is 10.3. The van der Waals surface area contributed by atoms with Crippen LogP contribution in [0.15, 0.2) is 103 Å². The summed E-state index contributed by atoms with van der Waals surface area (Å²) in [6.07, 6.45) is 0.675. The highest BCUT2D eigenvalue weighted by molar-refractivity contribution is 6.09. The fourth-order valence-corrected chi connectivity index (χ4v) is 4.78. The van der Waals surface area contributed by atoms with Crippen LogP contribution in [0.2, 0.25) is 0 Å². The van der Waals surface area contributed by atoms with Gasteiger partial charge in [-0.3, -0.25) is 14.5 Å². The Bertz CT molecular complexity index is 1440. The third kappa shape index (κ3) is 5.09. The Morgan fingerprint density at radius 2 is 1.43 bits per heavy atom. The van der Waals surface area contributed by atoms with Gasteiger partial charge in [0.25, 0.3) is 5.91 Å². The van der Waals surface area contributed by atoms with Crippen molar-refractivity contribution >= 4 is 28.6 Å². The van der Waals surface area contributed by atoms with Crippen molar-refractivity contribution in [1.29, 1.82) is 0 Å². The minimum atomic E-state index is -1.24. The van der Waals surface area contributed by atoms with E-state index in [2.05, 4.69) is 5.32 Å². The molecule has 1 N–H and O–H groups in total. The van der Waals surface area contributed by atoms with Crippen LogP contribution >= 0.6 is 0 Å². The molecular formula is C31H29N3O3. The predicted molar refractivity (Wildman–Crippen MR) is 144 cm³/mol. The van der Waals surface area contributed by atoms with Crippen LogP contribution < -0.4 is 5.32 Å². The van der Waals surface area contributed by atoms with Gasteiger partial charge < -0.3 is 10.2 Å². The predicted octanol–water partition coefficient (Wildman–Crippen LogP) is 4.88. The van der Waals surface area contributed by atoms with Crippen molar-refractivity contribution in [2.24, 2.45) is 0 Å². The van der Waals surface area contributed by atoms with Crippen LogP contribution in [0.3, 0.4) is 0 Å². The highest BCUT2D eigenvalue weighted by Crippen LogP contribution is 2.31. The highest BCUT2D eigenvalue weighted by Gasteiger charge is 2.49. The smallest absolute Gasteiger partial charge is 0.325 e. The molecule has 5 rings (SSSR count). The summed E-state index contributed by atoms with van der Waals surface area (Å²) < 4.78 is 0. The lowest BCUT2D eigenvalue weighted by atomic mass is 9.90. The maximum absolute atomic E-state index is 13.5. The van der Waals surface area contributed by atoms with Crippen LogP contribution in [0.25, 0.3) is 10.8 Å². The fourth-order valence-electron chi connectivity index (χ4n) is 4.78. The number of benzene rings is 4. The van der Waals surface area contributed by atoms with Crippen molar-refractivity contribution in [3.8, 4) is 0 Å². The van der Waals surface area contributed by atoms with Gasteiger partial charge in [-0.1, -0.05) is 97.1 Å². The average molecular weight is 492 g/mol. The van der Waals surface area contributed by atoms with Gasteiger partial charge in [-0.2, -0.15) is 0 Å². The molecule has 1 heterocycles. The Morgan fingerprint density at radius 3 is 2.14 bits per heavy atom. The number of hydrogen-bond acceptors (Lipinski definition) is 3. The second-order valence-corrected chi connectivity index (χ2v) is 9.54. The van der Waals surface area contributed by atoms with Crippen molar-refractivity contribution < 1.29 is 14.4 Å². The van der Waals surface area contributed by atoms with Crippen molar-refractivity contribution in [2.45, 2.75) is 25.4 Å². The highest BCUT2D eigenvalue weighted by atomic mass is 16.2. The van der Waals surface area contributed by atoms with E-state index < -0.39 is 17.5 Å². The first-order valence-corrected chi connectivity index (χ1v) is 12.4. The number of amides is 4. The van der Waals surface area contributed by atoms with Crippen molar-refractivity contribution in [1.82, 2.24) is 15.1 Å². The monoisotopic (exact) mass is 491 g/mol. The first-order chi connectivity index (χ1) is 17.9.